The molecule has 1 aliphatic rings. The molecule has 7 unspecified atom stereocenters. The zero-order chi connectivity index (χ0) is 59.5. The van der Waals surface area contributed by atoms with E-state index >= 15 is 0 Å². The van der Waals surface area contributed by atoms with Crippen LogP contribution < -0.4 is 5.32 Å². The number of esters is 1. The zero-order valence-electron chi connectivity index (χ0n) is 53.7. The predicted molar refractivity (Wildman–Crippen MR) is 343 cm³/mol. The molecule has 1 rings (SSSR count). The Hall–Kier alpha value is -1.86. The van der Waals surface area contributed by atoms with Crippen molar-refractivity contribution in [1.29, 1.82) is 0 Å². The minimum atomic E-state index is -1.57. The lowest BCUT2D eigenvalue weighted by Crippen LogP contribution is -2.60. The van der Waals surface area contributed by atoms with Crippen LogP contribution in [0.5, 0.6) is 0 Å². The Kier molecular flexibility index (Phi) is 58.0. The first-order valence-electron chi connectivity index (χ1n) is 35.6. The molecule has 0 aromatic heterocycles. The molecule has 1 amide bonds. The summed E-state index contributed by atoms with van der Waals surface area (Å²) in [5, 5.41) is 54.4. The van der Waals surface area contributed by atoms with Crippen LogP contribution in [-0.4, -0.2) is 100 Å². The molecule has 7 atom stereocenters. The average Bonchev–Trinajstić information content (AvgIpc) is 3.68. The predicted octanol–water partition coefficient (Wildman–Crippen LogP) is 18.0. The van der Waals surface area contributed by atoms with Crippen LogP contribution >= 0.6 is 0 Å². The Morgan fingerprint density at radius 1 is 0.439 bits per heavy atom. The molecular weight excluding hydrogens is 1030 g/mol. The van der Waals surface area contributed by atoms with Crippen molar-refractivity contribution in [1.82, 2.24) is 5.32 Å². The number of allylic oxidation sites excluding steroid dienone is 3. The molecule has 0 radical (unpaired) electrons. The number of ether oxygens (including phenoxy) is 3. The minimum absolute atomic E-state index is 0.00364. The number of unbranched alkanes of at least 4 members (excludes halogenated alkanes) is 47. The van der Waals surface area contributed by atoms with E-state index in [-0.39, 0.29) is 18.5 Å². The quantitative estimate of drug-likeness (QED) is 0.0195. The number of hydrogen-bond acceptors (Lipinski definition) is 10. The van der Waals surface area contributed by atoms with Gasteiger partial charge in [-0.25, -0.2) is 0 Å². The van der Waals surface area contributed by atoms with E-state index in [4.69, 9.17) is 14.2 Å². The lowest BCUT2D eigenvalue weighted by Gasteiger charge is -2.40. The first-order chi connectivity index (χ1) is 40.2. The van der Waals surface area contributed by atoms with Gasteiger partial charge in [0.1, 0.15) is 24.4 Å². The molecule has 1 fully saturated rings. The van der Waals surface area contributed by atoms with E-state index in [1.165, 1.54) is 270 Å². The zero-order valence-corrected chi connectivity index (χ0v) is 53.7. The van der Waals surface area contributed by atoms with Gasteiger partial charge in [-0.05, 0) is 51.4 Å². The van der Waals surface area contributed by atoms with E-state index in [9.17, 15) is 35.1 Å². The Labute approximate surface area is 505 Å². The van der Waals surface area contributed by atoms with Gasteiger partial charge in [0.25, 0.3) is 0 Å². The third-order valence-corrected chi connectivity index (χ3v) is 17.1. The molecule has 11 heteroatoms. The van der Waals surface area contributed by atoms with Crippen LogP contribution in [0.3, 0.4) is 0 Å². The molecule has 11 nitrogen and oxygen atoms in total. The number of rotatable bonds is 63. The molecule has 0 saturated carbocycles. The van der Waals surface area contributed by atoms with Crippen molar-refractivity contribution in [3.63, 3.8) is 0 Å². The van der Waals surface area contributed by atoms with Gasteiger partial charge in [0.05, 0.1) is 32.0 Å². The second-order valence-corrected chi connectivity index (χ2v) is 24.9. The number of aliphatic hydroxyl groups excluding tert-OH is 5. The standard InChI is InChI=1S/C71H135NO10/c1-3-5-7-9-11-13-38-43-47-51-55-59-67(76)80-60-56-52-48-44-40-37-35-33-31-29-27-25-23-21-19-17-15-16-18-20-22-24-26-28-30-32-34-36-39-42-46-50-54-58-66(75)72-63(62-81-71-70(79)69(78)68(77)65(61-73)82-71)64(74)57-53-49-45-41-14-12-10-8-6-4-2/h9,11,53,57,63-65,68-71,73-74,77-79H,3-8,10,12-52,54-56,58-62H2,1-2H3,(H,72,75)/b11-9-,57-53+. The van der Waals surface area contributed by atoms with E-state index in [0.717, 1.165) is 57.8 Å². The Morgan fingerprint density at radius 2 is 0.793 bits per heavy atom. The first kappa shape index (κ1) is 78.2. The third-order valence-electron chi connectivity index (χ3n) is 17.1. The number of nitrogens with one attached hydrogen (secondary N) is 1. The van der Waals surface area contributed by atoms with Crippen molar-refractivity contribution in [2.24, 2.45) is 0 Å². The van der Waals surface area contributed by atoms with Gasteiger partial charge in [0.15, 0.2) is 6.29 Å². The summed E-state index contributed by atoms with van der Waals surface area (Å²) in [5.74, 6) is -0.173. The monoisotopic (exact) mass is 1160 g/mol. The van der Waals surface area contributed by atoms with Crippen LogP contribution in [-0.2, 0) is 23.8 Å². The van der Waals surface area contributed by atoms with Gasteiger partial charge in [0.2, 0.25) is 5.91 Å². The fourth-order valence-electron chi connectivity index (χ4n) is 11.4. The maximum Gasteiger partial charge on any atom is 0.305 e. The molecule has 1 saturated heterocycles. The lowest BCUT2D eigenvalue weighted by molar-refractivity contribution is -0.302. The highest BCUT2D eigenvalue weighted by atomic mass is 16.7. The van der Waals surface area contributed by atoms with E-state index in [2.05, 4.69) is 31.3 Å². The van der Waals surface area contributed by atoms with Crippen molar-refractivity contribution in [3.8, 4) is 0 Å². The first-order valence-corrected chi connectivity index (χ1v) is 35.6. The molecule has 0 spiro atoms. The number of carbonyl (C=O) groups is 2. The summed E-state index contributed by atoms with van der Waals surface area (Å²) in [6.07, 6.45) is 66.2. The number of hydrogen-bond donors (Lipinski definition) is 6. The summed E-state index contributed by atoms with van der Waals surface area (Å²) in [6.45, 7) is 4.32. The lowest BCUT2D eigenvalue weighted by atomic mass is 9.99. The van der Waals surface area contributed by atoms with Crippen molar-refractivity contribution >= 4 is 11.9 Å². The Bertz CT molecular complexity index is 1410. The SMILES string of the molecule is CCCC/C=C\CCCCCCCC(=O)OCCCCCCCCCCCCCCCCCCCCCCCCCCCCCCCCCCCC(=O)NC(COC1OC(CO)C(O)C(O)C1O)C(O)/C=C/CCCCCCCCCC. The molecule has 82 heavy (non-hydrogen) atoms. The highest BCUT2D eigenvalue weighted by Crippen LogP contribution is 2.23. The largest absolute Gasteiger partial charge is 0.466 e. The average molecular weight is 1160 g/mol. The number of carbonyl (C=O) groups excluding carboxylic acids is 2. The molecule has 1 aliphatic heterocycles. The fourth-order valence-corrected chi connectivity index (χ4v) is 11.4. The summed E-state index contributed by atoms with van der Waals surface area (Å²) in [5.41, 5.74) is 0. The summed E-state index contributed by atoms with van der Waals surface area (Å²) < 4.78 is 16.7. The van der Waals surface area contributed by atoms with Gasteiger partial charge < -0.3 is 45.1 Å². The molecule has 1 heterocycles. The topological polar surface area (TPSA) is 175 Å². The molecule has 6 N–H and O–H groups in total. The normalized spacial score (nSPS) is 18.3. The van der Waals surface area contributed by atoms with Crippen LogP contribution in [0.4, 0.5) is 0 Å². The van der Waals surface area contributed by atoms with Crippen LogP contribution in [0, 0.1) is 0 Å². The second-order valence-electron chi connectivity index (χ2n) is 24.9. The van der Waals surface area contributed by atoms with Crippen LogP contribution in [0.2, 0.25) is 0 Å². The third kappa shape index (κ3) is 49.3. The number of aliphatic hydroxyl groups is 5. The van der Waals surface area contributed by atoms with Gasteiger partial charge >= 0.3 is 5.97 Å². The van der Waals surface area contributed by atoms with Gasteiger partial charge in [-0.3, -0.25) is 9.59 Å². The van der Waals surface area contributed by atoms with Gasteiger partial charge in [-0.2, -0.15) is 0 Å². The molecule has 0 aromatic rings. The van der Waals surface area contributed by atoms with E-state index in [1.807, 2.05) is 6.08 Å². The van der Waals surface area contributed by atoms with Gasteiger partial charge in [-0.1, -0.05) is 314 Å². The highest BCUT2D eigenvalue weighted by molar-refractivity contribution is 5.76. The van der Waals surface area contributed by atoms with E-state index in [1.54, 1.807) is 6.08 Å². The maximum absolute atomic E-state index is 13.0. The Morgan fingerprint density at radius 3 is 1.21 bits per heavy atom. The van der Waals surface area contributed by atoms with E-state index < -0.39 is 49.5 Å². The summed E-state index contributed by atoms with van der Waals surface area (Å²) in [7, 11) is 0. The highest BCUT2D eigenvalue weighted by Gasteiger charge is 2.44. The minimum Gasteiger partial charge on any atom is -0.466 e. The van der Waals surface area contributed by atoms with Gasteiger partial charge in [-0.15, -0.1) is 0 Å². The molecular formula is C71H135NO10. The molecule has 484 valence electrons. The summed E-state index contributed by atoms with van der Waals surface area (Å²) >= 11 is 0. The maximum atomic E-state index is 13.0. The van der Waals surface area contributed by atoms with E-state index in [0.29, 0.717) is 19.4 Å². The molecule has 0 aliphatic carbocycles. The fraction of sp³-hybridized carbons (Fsp3) is 0.915. The van der Waals surface area contributed by atoms with Gasteiger partial charge in [0, 0.05) is 12.8 Å². The summed E-state index contributed by atoms with van der Waals surface area (Å²) in [4.78, 5) is 25.0. The number of amides is 1. The molecule has 0 bridgehead atoms. The summed E-state index contributed by atoms with van der Waals surface area (Å²) in [6, 6.07) is -0.805. The van der Waals surface area contributed by atoms with Crippen LogP contribution in [0.15, 0.2) is 24.3 Å². The van der Waals surface area contributed by atoms with Crippen molar-refractivity contribution in [2.45, 2.75) is 397 Å². The van der Waals surface area contributed by atoms with Crippen molar-refractivity contribution < 1.29 is 49.3 Å². The van der Waals surface area contributed by atoms with Crippen molar-refractivity contribution in [2.75, 3.05) is 19.8 Å². The molecule has 0 aromatic carbocycles. The Balaban J connectivity index is 1.90. The van der Waals surface area contributed by atoms with Crippen LogP contribution in [0.25, 0.3) is 0 Å². The smallest absolute Gasteiger partial charge is 0.305 e. The van der Waals surface area contributed by atoms with Crippen molar-refractivity contribution in [3.05, 3.63) is 24.3 Å². The van der Waals surface area contributed by atoms with Crippen LogP contribution in [0.1, 0.15) is 354 Å². The second kappa shape index (κ2) is 60.8.